The molecule has 0 spiro atoms. The van der Waals surface area contributed by atoms with Gasteiger partial charge in [-0.15, -0.1) is 0 Å². The van der Waals surface area contributed by atoms with E-state index in [1.54, 1.807) is 0 Å². The molecule has 1 aliphatic carbocycles. The van der Waals surface area contributed by atoms with Gasteiger partial charge in [0, 0.05) is 12.5 Å². The van der Waals surface area contributed by atoms with Gasteiger partial charge in [-0.1, -0.05) is 40.5 Å². The highest BCUT2D eigenvalue weighted by atomic mass is 16.3. The van der Waals surface area contributed by atoms with Crippen LogP contribution in [0.3, 0.4) is 0 Å². The average Bonchev–Trinajstić information content (AvgIpc) is 2.62. The molecule has 0 aromatic carbocycles. The molecule has 0 saturated heterocycles. The molecule has 0 unspecified atom stereocenters. The number of hydrogen-bond donors (Lipinski definition) is 2. The van der Waals surface area contributed by atoms with Crippen LogP contribution in [0, 0.1) is 17.8 Å². The van der Waals surface area contributed by atoms with E-state index in [9.17, 15) is 9.90 Å². The van der Waals surface area contributed by atoms with Crippen LogP contribution >= 0.6 is 0 Å². The van der Waals surface area contributed by atoms with E-state index < -0.39 is 5.60 Å². The highest BCUT2D eigenvalue weighted by Crippen LogP contribution is 2.29. The van der Waals surface area contributed by atoms with Gasteiger partial charge < -0.3 is 10.4 Å². The molecule has 0 aromatic heterocycles. The summed E-state index contributed by atoms with van der Waals surface area (Å²) in [7, 11) is 0. The summed E-state index contributed by atoms with van der Waals surface area (Å²) >= 11 is 0. The Balaban J connectivity index is 2.47. The number of carbonyl (C=O) groups is 1. The number of hydrogen-bond acceptors (Lipinski definition) is 2. The SMILES string of the molecule is CC(C)C(C(=O)NCC1(O)CCCC1)C(C)C. The van der Waals surface area contributed by atoms with Crippen molar-refractivity contribution in [2.45, 2.75) is 59.0 Å². The van der Waals surface area contributed by atoms with Crippen LogP contribution < -0.4 is 5.32 Å². The van der Waals surface area contributed by atoms with Gasteiger partial charge in [-0.2, -0.15) is 0 Å². The predicted molar refractivity (Wildman–Crippen MR) is 69.6 cm³/mol. The molecule has 1 fully saturated rings. The maximum absolute atomic E-state index is 12.1. The van der Waals surface area contributed by atoms with Crippen molar-refractivity contribution >= 4 is 5.91 Å². The summed E-state index contributed by atoms with van der Waals surface area (Å²) in [6, 6.07) is 0. The van der Waals surface area contributed by atoms with Crippen LogP contribution in [0.25, 0.3) is 0 Å². The number of aliphatic hydroxyl groups is 1. The molecule has 0 aromatic rings. The van der Waals surface area contributed by atoms with E-state index in [1.165, 1.54) is 0 Å². The molecule has 0 radical (unpaired) electrons. The highest BCUT2D eigenvalue weighted by Gasteiger charge is 2.33. The third kappa shape index (κ3) is 3.98. The van der Waals surface area contributed by atoms with Gasteiger partial charge in [0.25, 0.3) is 0 Å². The van der Waals surface area contributed by atoms with Crippen LogP contribution in [0.4, 0.5) is 0 Å². The minimum Gasteiger partial charge on any atom is -0.388 e. The Morgan fingerprint density at radius 3 is 2.06 bits per heavy atom. The number of rotatable bonds is 5. The lowest BCUT2D eigenvalue weighted by Gasteiger charge is -2.27. The molecule has 1 saturated carbocycles. The van der Waals surface area contributed by atoms with Crippen LogP contribution in [-0.4, -0.2) is 23.2 Å². The fourth-order valence-corrected chi connectivity index (χ4v) is 2.95. The number of carbonyl (C=O) groups excluding carboxylic acids is 1. The zero-order chi connectivity index (χ0) is 13.1. The molecule has 3 nitrogen and oxygen atoms in total. The van der Waals surface area contributed by atoms with Crippen LogP contribution in [0.15, 0.2) is 0 Å². The van der Waals surface area contributed by atoms with Crippen molar-refractivity contribution in [1.29, 1.82) is 0 Å². The minimum atomic E-state index is -0.645. The van der Waals surface area contributed by atoms with E-state index in [0.717, 1.165) is 25.7 Å². The van der Waals surface area contributed by atoms with Gasteiger partial charge in [-0.25, -0.2) is 0 Å². The Kier molecular flexibility index (Phi) is 4.99. The molecule has 0 aliphatic heterocycles. The van der Waals surface area contributed by atoms with E-state index in [0.29, 0.717) is 18.4 Å². The Labute approximate surface area is 105 Å². The monoisotopic (exact) mass is 241 g/mol. The molecule has 2 N–H and O–H groups in total. The molecule has 1 rings (SSSR count). The van der Waals surface area contributed by atoms with Crippen molar-refractivity contribution in [2.75, 3.05) is 6.54 Å². The maximum atomic E-state index is 12.1. The van der Waals surface area contributed by atoms with Gasteiger partial charge in [0.15, 0.2) is 0 Å². The topological polar surface area (TPSA) is 49.3 Å². The van der Waals surface area contributed by atoms with Crippen molar-refractivity contribution in [3.63, 3.8) is 0 Å². The van der Waals surface area contributed by atoms with Gasteiger partial charge in [0.2, 0.25) is 5.91 Å². The molecule has 100 valence electrons. The predicted octanol–water partition coefficient (Wildman–Crippen LogP) is 2.34. The van der Waals surface area contributed by atoms with Crippen LogP contribution in [-0.2, 0) is 4.79 Å². The van der Waals surface area contributed by atoms with E-state index in [4.69, 9.17) is 0 Å². The second-order valence-electron chi connectivity index (χ2n) is 6.16. The van der Waals surface area contributed by atoms with Gasteiger partial charge in [0.1, 0.15) is 0 Å². The molecule has 17 heavy (non-hydrogen) atoms. The number of amides is 1. The van der Waals surface area contributed by atoms with Crippen molar-refractivity contribution in [3.8, 4) is 0 Å². The summed E-state index contributed by atoms with van der Waals surface area (Å²) in [6.45, 7) is 8.73. The highest BCUT2D eigenvalue weighted by molar-refractivity contribution is 5.79. The number of nitrogens with one attached hydrogen (secondary N) is 1. The summed E-state index contributed by atoms with van der Waals surface area (Å²) in [6.07, 6.45) is 3.79. The smallest absolute Gasteiger partial charge is 0.223 e. The third-order valence-electron chi connectivity index (χ3n) is 3.87. The summed E-state index contributed by atoms with van der Waals surface area (Å²) in [5, 5.41) is 13.1. The van der Waals surface area contributed by atoms with Crippen LogP contribution in [0.1, 0.15) is 53.4 Å². The van der Waals surface area contributed by atoms with Crippen LogP contribution in [0.2, 0.25) is 0 Å². The van der Waals surface area contributed by atoms with Crippen molar-refractivity contribution in [2.24, 2.45) is 17.8 Å². The summed E-state index contributed by atoms with van der Waals surface area (Å²) < 4.78 is 0. The molecule has 1 aliphatic rings. The molecule has 0 atom stereocenters. The first-order valence-electron chi connectivity index (χ1n) is 6.86. The summed E-state index contributed by atoms with van der Waals surface area (Å²) in [5.74, 6) is 0.816. The van der Waals surface area contributed by atoms with Gasteiger partial charge in [0.05, 0.1) is 5.60 Å². The van der Waals surface area contributed by atoms with Crippen LogP contribution in [0.5, 0.6) is 0 Å². The van der Waals surface area contributed by atoms with E-state index in [1.807, 2.05) is 0 Å². The average molecular weight is 241 g/mol. The van der Waals surface area contributed by atoms with E-state index >= 15 is 0 Å². The summed E-state index contributed by atoms with van der Waals surface area (Å²) in [4.78, 5) is 12.1. The van der Waals surface area contributed by atoms with E-state index in [2.05, 4.69) is 33.0 Å². The zero-order valence-electron chi connectivity index (χ0n) is 11.6. The second kappa shape index (κ2) is 5.85. The maximum Gasteiger partial charge on any atom is 0.223 e. The first-order chi connectivity index (χ1) is 7.86. The second-order valence-corrected chi connectivity index (χ2v) is 6.16. The Hall–Kier alpha value is -0.570. The minimum absolute atomic E-state index is 0.0417. The lowest BCUT2D eigenvalue weighted by molar-refractivity contribution is -0.129. The standard InChI is InChI=1S/C14H27NO2/c1-10(2)12(11(3)4)13(16)15-9-14(17)7-5-6-8-14/h10-12,17H,5-9H2,1-4H3,(H,15,16). The Bertz CT molecular complexity index is 247. The Morgan fingerprint density at radius 1 is 1.18 bits per heavy atom. The zero-order valence-corrected chi connectivity index (χ0v) is 11.6. The lowest BCUT2D eigenvalue weighted by atomic mass is 9.84. The molecule has 3 heteroatoms. The quantitative estimate of drug-likeness (QED) is 0.776. The van der Waals surface area contributed by atoms with Crippen molar-refractivity contribution in [1.82, 2.24) is 5.32 Å². The normalized spacial score (nSPS) is 19.3. The van der Waals surface area contributed by atoms with Gasteiger partial charge >= 0.3 is 0 Å². The first-order valence-corrected chi connectivity index (χ1v) is 6.86. The molecular formula is C14H27NO2. The summed E-state index contributed by atoms with van der Waals surface area (Å²) in [5.41, 5.74) is -0.645. The van der Waals surface area contributed by atoms with Gasteiger partial charge in [-0.3, -0.25) is 4.79 Å². The van der Waals surface area contributed by atoms with Gasteiger partial charge in [-0.05, 0) is 24.7 Å². The molecule has 1 amide bonds. The van der Waals surface area contributed by atoms with Crippen molar-refractivity contribution in [3.05, 3.63) is 0 Å². The van der Waals surface area contributed by atoms with E-state index in [-0.39, 0.29) is 11.8 Å². The molecule has 0 heterocycles. The fourth-order valence-electron chi connectivity index (χ4n) is 2.95. The third-order valence-corrected chi connectivity index (χ3v) is 3.87. The Morgan fingerprint density at radius 2 is 1.65 bits per heavy atom. The molecule has 0 bridgehead atoms. The fraction of sp³-hybridized carbons (Fsp3) is 0.929. The first kappa shape index (κ1) is 14.5. The largest absolute Gasteiger partial charge is 0.388 e. The molecular weight excluding hydrogens is 214 g/mol. The van der Waals surface area contributed by atoms with Crippen molar-refractivity contribution < 1.29 is 9.90 Å². The lowest BCUT2D eigenvalue weighted by Crippen LogP contribution is -2.45.